The molecule has 28 heavy (non-hydrogen) atoms. The van der Waals surface area contributed by atoms with Gasteiger partial charge in [-0.15, -0.1) is 0 Å². The van der Waals surface area contributed by atoms with E-state index in [0.717, 1.165) is 5.56 Å². The Morgan fingerprint density at radius 1 is 1.18 bits per heavy atom. The van der Waals surface area contributed by atoms with Crippen molar-refractivity contribution in [1.29, 1.82) is 0 Å². The van der Waals surface area contributed by atoms with Crippen molar-refractivity contribution in [3.8, 4) is 5.75 Å². The molecule has 0 unspecified atom stereocenters. The number of nitrogens with zero attached hydrogens (tertiary/aromatic N) is 1. The fraction of sp³-hybridized carbons (Fsp3) is 0.118. The van der Waals surface area contributed by atoms with Crippen LogP contribution in [-0.4, -0.2) is 28.5 Å². The molecule has 11 heteroatoms. The highest BCUT2D eigenvalue weighted by Gasteiger charge is 2.11. The van der Waals surface area contributed by atoms with Crippen LogP contribution >= 0.6 is 23.8 Å². The molecule has 0 aliphatic rings. The molecule has 0 aliphatic heterocycles. The molecule has 0 radical (unpaired) electrons. The minimum absolute atomic E-state index is 0.136. The molecule has 0 saturated carbocycles. The van der Waals surface area contributed by atoms with Crippen LogP contribution in [0.1, 0.15) is 15.9 Å². The molecule has 146 valence electrons. The van der Waals surface area contributed by atoms with Crippen LogP contribution in [0.5, 0.6) is 5.75 Å². The first-order valence-electron chi connectivity index (χ1n) is 7.80. The number of carbonyl (C=O) groups excluding carboxylic acids is 2. The Kier molecular flexibility index (Phi) is 7.24. The van der Waals surface area contributed by atoms with E-state index in [9.17, 15) is 19.7 Å². The highest BCUT2D eigenvalue weighted by molar-refractivity contribution is 7.80. The van der Waals surface area contributed by atoms with E-state index in [0.29, 0.717) is 10.8 Å². The maximum absolute atomic E-state index is 11.9. The zero-order valence-corrected chi connectivity index (χ0v) is 16.1. The lowest BCUT2D eigenvalue weighted by molar-refractivity contribution is -0.384. The molecule has 0 bridgehead atoms. The predicted octanol–water partition coefficient (Wildman–Crippen LogP) is 2.27. The largest absolute Gasteiger partial charge is 0.483 e. The Morgan fingerprint density at radius 2 is 1.86 bits per heavy atom. The fourth-order valence-electron chi connectivity index (χ4n) is 2.03. The molecular weight excluding hydrogens is 408 g/mol. The zero-order chi connectivity index (χ0) is 20.7. The average molecular weight is 423 g/mol. The number of thiocarbonyl (C=S) groups is 1. The second-order valence-corrected chi connectivity index (χ2v) is 6.30. The number of ether oxygens (including phenoxy) is 1. The number of carbonyl (C=O) groups is 2. The van der Waals surface area contributed by atoms with Gasteiger partial charge in [-0.3, -0.25) is 35.9 Å². The van der Waals surface area contributed by atoms with Crippen LogP contribution in [0.4, 0.5) is 5.69 Å². The van der Waals surface area contributed by atoms with Gasteiger partial charge in [0.15, 0.2) is 11.7 Å². The van der Waals surface area contributed by atoms with Crippen LogP contribution < -0.4 is 20.9 Å². The summed E-state index contributed by atoms with van der Waals surface area (Å²) in [4.78, 5) is 33.8. The molecule has 2 aromatic rings. The lowest BCUT2D eigenvalue weighted by atomic mass is 10.2. The molecule has 0 aromatic heterocycles. The number of hydrogen-bond acceptors (Lipinski definition) is 6. The summed E-state index contributed by atoms with van der Waals surface area (Å²) < 4.78 is 5.38. The van der Waals surface area contributed by atoms with Gasteiger partial charge in [0.05, 0.1) is 4.92 Å². The smallest absolute Gasteiger partial charge is 0.269 e. The number of halogens is 1. The van der Waals surface area contributed by atoms with Crippen LogP contribution in [0.2, 0.25) is 5.02 Å². The van der Waals surface area contributed by atoms with Gasteiger partial charge in [0.25, 0.3) is 17.5 Å². The third kappa shape index (κ3) is 6.18. The molecule has 0 spiro atoms. The van der Waals surface area contributed by atoms with Crippen molar-refractivity contribution in [2.75, 3.05) is 6.61 Å². The number of non-ortho nitro benzene ring substituents is 1. The van der Waals surface area contributed by atoms with Gasteiger partial charge in [-0.2, -0.15) is 0 Å². The van der Waals surface area contributed by atoms with Gasteiger partial charge in [-0.05, 0) is 55.0 Å². The Labute approximate surface area is 170 Å². The Balaban J connectivity index is 1.77. The van der Waals surface area contributed by atoms with Crippen LogP contribution in [-0.2, 0) is 4.79 Å². The molecule has 2 amide bonds. The molecule has 3 N–H and O–H groups in total. The highest BCUT2D eigenvalue weighted by atomic mass is 35.5. The molecule has 0 heterocycles. The van der Waals surface area contributed by atoms with Gasteiger partial charge >= 0.3 is 0 Å². The van der Waals surface area contributed by atoms with Gasteiger partial charge in [-0.1, -0.05) is 11.6 Å². The second-order valence-electron chi connectivity index (χ2n) is 5.46. The molecule has 0 fully saturated rings. The summed E-state index contributed by atoms with van der Waals surface area (Å²) in [7, 11) is 0. The Bertz CT molecular complexity index is 920. The van der Waals surface area contributed by atoms with Gasteiger partial charge in [0.1, 0.15) is 5.75 Å². The van der Waals surface area contributed by atoms with Crippen molar-refractivity contribution in [1.82, 2.24) is 16.2 Å². The van der Waals surface area contributed by atoms with E-state index in [1.54, 1.807) is 25.1 Å². The number of benzene rings is 2. The van der Waals surface area contributed by atoms with Crippen molar-refractivity contribution in [2.45, 2.75) is 6.92 Å². The number of amides is 2. The number of nitrogens with one attached hydrogen (secondary N) is 3. The summed E-state index contributed by atoms with van der Waals surface area (Å²) in [6.45, 7) is 1.50. The zero-order valence-electron chi connectivity index (χ0n) is 14.5. The predicted molar refractivity (Wildman–Crippen MR) is 106 cm³/mol. The highest BCUT2D eigenvalue weighted by Crippen LogP contribution is 2.21. The number of aryl methyl sites for hydroxylation is 1. The molecule has 2 aromatic carbocycles. The minimum atomic E-state index is -0.584. The molecule has 2 rings (SSSR count). The first-order valence-corrected chi connectivity index (χ1v) is 8.58. The summed E-state index contributed by atoms with van der Waals surface area (Å²) in [5.41, 5.74) is 5.44. The maximum atomic E-state index is 11.9. The lowest BCUT2D eigenvalue weighted by Crippen LogP contribution is -2.49. The van der Waals surface area contributed by atoms with Crippen LogP contribution in [0, 0.1) is 17.0 Å². The summed E-state index contributed by atoms with van der Waals surface area (Å²) in [6, 6.07) is 9.97. The van der Waals surface area contributed by atoms with Gasteiger partial charge < -0.3 is 4.74 Å². The van der Waals surface area contributed by atoms with Crippen molar-refractivity contribution in [3.63, 3.8) is 0 Å². The normalized spacial score (nSPS) is 9.93. The molecule has 0 saturated heterocycles. The minimum Gasteiger partial charge on any atom is -0.483 e. The number of hydrazine groups is 1. The summed E-state index contributed by atoms with van der Waals surface area (Å²) in [6.07, 6.45) is 0. The van der Waals surface area contributed by atoms with Crippen molar-refractivity contribution in [2.24, 2.45) is 0 Å². The van der Waals surface area contributed by atoms with E-state index in [-0.39, 0.29) is 23.0 Å². The molecular formula is C17H15ClN4O5S. The number of nitro groups is 1. The van der Waals surface area contributed by atoms with Gasteiger partial charge in [0.2, 0.25) is 0 Å². The molecule has 0 atom stereocenters. The average Bonchev–Trinajstić information content (AvgIpc) is 2.65. The van der Waals surface area contributed by atoms with E-state index < -0.39 is 16.7 Å². The number of rotatable bonds is 5. The standard InChI is InChI=1S/C17H15ClN4O5S/c1-10-8-12(18)4-7-14(10)27-9-15(23)19-17(28)21-20-16(24)11-2-5-13(6-3-11)22(25)26/h2-8H,9H2,1H3,(H,20,24)(H2,19,21,23,28). The molecule has 0 aliphatic carbocycles. The third-order valence-electron chi connectivity index (χ3n) is 3.38. The summed E-state index contributed by atoms with van der Waals surface area (Å²) >= 11 is 10.8. The fourth-order valence-corrected chi connectivity index (χ4v) is 2.42. The second kappa shape index (κ2) is 9.62. The molecule has 9 nitrogen and oxygen atoms in total. The Hall–Kier alpha value is -3.24. The lowest BCUT2D eigenvalue weighted by Gasteiger charge is -2.12. The van der Waals surface area contributed by atoms with E-state index in [4.69, 9.17) is 28.6 Å². The SMILES string of the molecule is Cc1cc(Cl)ccc1OCC(=O)NC(=S)NNC(=O)c1ccc([N+](=O)[O-])cc1. The summed E-state index contributed by atoms with van der Waals surface area (Å²) in [5.74, 6) is -0.610. The van der Waals surface area contributed by atoms with Crippen molar-refractivity contribution >= 4 is 46.4 Å². The maximum Gasteiger partial charge on any atom is 0.269 e. The Morgan fingerprint density at radius 3 is 2.46 bits per heavy atom. The monoisotopic (exact) mass is 422 g/mol. The topological polar surface area (TPSA) is 123 Å². The summed E-state index contributed by atoms with van der Waals surface area (Å²) in [5, 5.41) is 13.4. The van der Waals surface area contributed by atoms with E-state index in [1.807, 2.05) is 0 Å². The quantitative estimate of drug-likeness (QED) is 0.383. The number of hydrogen-bond donors (Lipinski definition) is 3. The van der Waals surface area contributed by atoms with E-state index in [1.165, 1.54) is 24.3 Å². The third-order valence-corrected chi connectivity index (χ3v) is 3.82. The van der Waals surface area contributed by atoms with E-state index >= 15 is 0 Å². The van der Waals surface area contributed by atoms with E-state index in [2.05, 4.69) is 16.2 Å². The van der Waals surface area contributed by atoms with Crippen LogP contribution in [0.15, 0.2) is 42.5 Å². The van der Waals surface area contributed by atoms with Crippen LogP contribution in [0.3, 0.4) is 0 Å². The van der Waals surface area contributed by atoms with Gasteiger partial charge in [0, 0.05) is 22.7 Å². The van der Waals surface area contributed by atoms with Crippen molar-refractivity contribution < 1.29 is 19.2 Å². The number of nitro benzene ring substituents is 1. The first-order chi connectivity index (χ1) is 13.3. The van der Waals surface area contributed by atoms with Crippen LogP contribution in [0.25, 0.3) is 0 Å². The van der Waals surface area contributed by atoms with Gasteiger partial charge in [-0.25, -0.2) is 0 Å². The first kappa shape index (κ1) is 21.1. The van der Waals surface area contributed by atoms with Crippen molar-refractivity contribution in [3.05, 3.63) is 68.7 Å².